The van der Waals surface area contributed by atoms with E-state index in [1.165, 1.54) is 12.7 Å². The van der Waals surface area contributed by atoms with Gasteiger partial charge < -0.3 is 5.32 Å². The van der Waals surface area contributed by atoms with E-state index in [9.17, 15) is 4.79 Å². The van der Waals surface area contributed by atoms with Crippen molar-refractivity contribution in [1.82, 2.24) is 20.5 Å². The Labute approximate surface area is 99.8 Å². The van der Waals surface area contributed by atoms with E-state index in [1.807, 2.05) is 6.92 Å². The molecular weight excluding hydrogens is 224 g/mol. The Kier molecular flexibility index (Phi) is 5.92. The zero-order valence-electron chi connectivity index (χ0n) is 9.69. The smallest absolute Gasteiger partial charge is 0.230 e. The van der Waals surface area contributed by atoms with Gasteiger partial charge in [0.1, 0.15) is 12.2 Å². The van der Waals surface area contributed by atoms with Gasteiger partial charge in [0.2, 0.25) is 5.91 Å². The number of thioether (sulfide) groups is 1. The molecule has 1 atom stereocenters. The number of unbranched alkanes of at least 4 members (excludes halogenated alkanes) is 1. The van der Waals surface area contributed by atoms with E-state index in [1.54, 1.807) is 11.8 Å². The monoisotopic (exact) mass is 242 g/mol. The maximum atomic E-state index is 11.5. The van der Waals surface area contributed by atoms with Gasteiger partial charge in [-0.1, -0.05) is 13.3 Å². The summed E-state index contributed by atoms with van der Waals surface area (Å²) in [6.07, 6.45) is 3.77. The second kappa shape index (κ2) is 7.27. The largest absolute Gasteiger partial charge is 0.346 e. The van der Waals surface area contributed by atoms with Crippen molar-refractivity contribution in [2.45, 2.75) is 32.7 Å². The fourth-order valence-corrected chi connectivity index (χ4v) is 2.09. The standard InChI is InChI=1S/C10H18N4OS/c1-3-4-5-16-6-9(15)13-8(2)10-11-7-12-14-10/h7-8H,3-6H2,1-2H3,(H,13,15)(H,11,12,14). The summed E-state index contributed by atoms with van der Waals surface area (Å²) < 4.78 is 0. The first-order valence-electron chi connectivity index (χ1n) is 5.46. The van der Waals surface area contributed by atoms with Crippen LogP contribution in [0.5, 0.6) is 0 Å². The fraction of sp³-hybridized carbons (Fsp3) is 0.700. The molecule has 0 aliphatic rings. The number of H-pyrrole nitrogens is 1. The lowest BCUT2D eigenvalue weighted by atomic mass is 10.3. The average molecular weight is 242 g/mol. The molecule has 0 aliphatic carbocycles. The number of rotatable bonds is 7. The highest BCUT2D eigenvalue weighted by Crippen LogP contribution is 2.07. The van der Waals surface area contributed by atoms with E-state index >= 15 is 0 Å². The molecule has 6 heteroatoms. The average Bonchev–Trinajstić information content (AvgIpc) is 2.77. The molecule has 1 aromatic rings. The van der Waals surface area contributed by atoms with Crippen LogP contribution in [0, 0.1) is 0 Å². The third-order valence-electron chi connectivity index (χ3n) is 2.10. The van der Waals surface area contributed by atoms with Crippen molar-refractivity contribution < 1.29 is 4.79 Å². The van der Waals surface area contributed by atoms with Gasteiger partial charge in [-0.3, -0.25) is 9.89 Å². The first-order valence-corrected chi connectivity index (χ1v) is 6.62. The van der Waals surface area contributed by atoms with Crippen molar-refractivity contribution >= 4 is 17.7 Å². The highest BCUT2D eigenvalue weighted by Gasteiger charge is 2.11. The van der Waals surface area contributed by atoms with Gasteiger partial charge >= 0.3 is 0 Å². The SMILES string of the molecule is CCCCSCC(=O)NC(C)c1ncn[nH]1. The van der Waals surface area contributed by atoms with E-state index in [-0.39, 0.29) is 11.9 Å². The molecule has 0 aliphatic heterocycles. The molecule has 0 aromatic carbocycles. The number of aromatic nitrogens is 3. The highest BCUT2D eigenvalue weighted by molar-refractivity contribution is 7.99. The van der Waals surface area contributed by atoms with Gasteiger partial charge in [0.05, 0.1) is 11.8 Å². The van der Waals surface area contributed by atoms with Crippen LogP contribution in [0.3, 0.4) is 0 Å². The molecule has 0 fully saturated rings. The second-order valence-electron chi connectivity index (χ2n) is 3.57. The summed E-state index contributed by atoms with van der Waals surface area (Å²) in [6.45, 7) is 4.03. The Balaban J connectivity index is 2.19. The summed E-state index contributed by atoms with van der Waals surface area (Å²) in [5.74, 6) is 2.29. The Bertz CT molecular complexity index is 302. The van der Waals surface area contributed by atoms with E-state index in [2.05, 4.69) is 27.4 Å². The van der Waals surface area contributed by atoms with Crippen LogP contribution in [-0.2, 0) is 4.79 Å². The zero-order valence-corrected chi connectivity index (χ0v) is 10.5. The van der Waals surface area contributed by atoms with Gasteiger partial charge in [-0.25, -0.2) is 4.98 Å². The van der Waals surface area contributed by atoms with Crippen LogP contribution >= 0.6 is 11.8 Å². The molecule has 0 spiro atoms. The zero-order chi connectivity index (χ0) is 11.8. The van der Waals surface area contributed by atoms with E-state index in [0.717, 1.165) is 12.2 Å². The van der Waals surface area contributed by atoms with Crippen molar-refractivity contribution in [3.8, 4) is 0 Å². The van der Waals surface area contributed by atoms with Gasteiger partial charge in [-0.05, 0) is 19.1 Å². The number of hydrogen-bond donors (Lipinski definition) is 2. The molecule has 0 bridgehead atoms. The van der Waals surface area contributed by atoms with Crippen LogP contribution in [0.2, 0.25) is 0 Å². The first-order chi connectivity index (χ1) is 7.74. The van der Waals surface area contributed by atoms with Crippen molar-refractivity contribution in [1.29, 1.82) is 0 Å². The summed E-state index contributed by atoms with van der Waals surface area (Å²) in [6, 6.07) is -0.109. The Morgan fingerprint density at radius 2 is 2.50 bits per heavy atom. The number of aromatic amines is 1. The molecule has 2 N–H and O–H groups in total. The highest BCUT2D eigenvalue weighted by atomic mass is 32.2. The predicted molar refractivity (Wildman–Crippen MR) is 65.2 cm³/mol. The van der Waals surface area contributed by atoms with Crippen LogP contribution < -0.4 is 5.32 Å². The summed E-state index contributed by atoms with van der Waals surface area (Å²) in [5, 5.41) is 9.35. The summed E-state index contributed by atoms with van der Waals surface area (Å²) in [7, 11) is 0. The summed E-state index contributed by atoms with van der Waals surface area (Å²) in [4.78, 5) is 15.5. The number of carbonyl (C=O) groups excluding carboxylic acids is 1. The van der Waals surface area contributed by atoms with Crippen molar-refractivity contribution in [3.05, 3.63) is 12.2 Å². The molecule has 1 unspecified atom stereocenters. The third-order valence-corrected chi connectivity index (χ3v) is 3.14. The Morgan fingerprint density at radius 1 is 1.69 bits per heavy atom. The van der Waals surface area contributed by atoms with Gasteiger partial charge in [-0.2, -0.15) is 16.9 Å². The van der Waals surface area contributed by atoms with Crippen LogP contribution in [0.25, 0.3) is 0 Å². The molecule has 0 saturated heterocycles. The fourth-order valence-electron chi connectivity index (χ4n) is 1.19. The quantitative estimate of drug-likeness (QED) is 0.711. The van der Waals surface area contributed by atoms with Gasteiger partial charge in [0.25, 0.3) is 0 Å². The second-order valence-corrected chi connectivity index (χ2v) is 4.67. The predicted octanol–water partition coefficient (Wildman–Crippen LogP) is 1.52. The molecule has 90 valence electrons. The minimum absolute atomic E-state index is 0.0463. The lowest BCUT2D eigenvalue weighted by molar-refractivity contribution is -0.119. The van der Waals surface area contributed by atoms with Crippen molar-refractivity contribution in [2.75, 3.05) is 11.5 Å². The molecular formula is C10H18N4OS. The lowest BCUT2D eigenvalue weighted by Gasteiger charge is -2.10. The molecule has 0 radical (unpaired) electrons. The van der Waals surface area contributed by atoms with E-state index in [0.29, 0.717) is 11.6 Å². The molecule has 0 saturated carbocycles. The van der Waals surface area contributed by atoms with Crippen LogP contribution in [0.15, 0.2) is 6.33 Å². The molecule has 5 nitrogen and oxygen atoms in total. The number of nitrogens with zero attached hydrogens (tertiary/aromatic N) is 2. The summed E-state index contributed by atoms with van der Waals surface area (Å²) >= 11 is 1.67. The summed E-state index contributed by atoms with van der Waals surface area (Å²) in [5.41, 5.74) is 0. The molecule has 1 aromatic heterocycles. The third kappa shape index (κ3) is 4.65. The maximum absolute atomic E-state index is 11.5. The minimum Gasteiger partial charge on any atom is -0.346 e. The molecule has 1 heterocycles. The Morgan fingerprint density at radius 3 is 3.12 bits per heavy atom. The van der Waals surface area contributed by atoms with E-state index in [4.69, 9.17) is 0 Å². The first kappa shape index (κ1) is 13.0. The van der Waals surface area contributed by atoms with Gasteiger partial charge in [0.15, 0.2) is 0 Å². The molecule has 16 heavy (non-hydrogen) atoms. The van der Waals surface area contributed by atoms with Crippen LogP contribution in [0.4, 0.5) is 0 Å². The molecule has 1 amide bonds. The van der Waals surface area contributed by atoms with Crippen LogP contribution in [0.1, 0.15) is 38.6 Å². The minimum atomic E-state index is -0.109. The number of nitrogens with one attached hydrogen (secondary N) is 2. The van der Waals surface area contributed by atoms with Crippen LogP contribution in [-0.4, -0.2) is 32.6 Å². The number of hydrogen-bond acceptors (Lipinski definition) is 4. The van der Waals surface area contributed by atoms with E-state index < -0.39 is 0 Å². The lowest BCUT2D eigenvalue weighted by Crippen LogP contribution is -2.29. The maximum Gasteiger partial charge on any atom is 0.230 e. The van der Waals surface area contributed by atoms with Gasteiger partial charge in [0, 0.05) is 0 Å². The topological polar surface area (TPSA) is 70.7 Å². The van der Waals surface area contributed by atoms with Gasteiger partial charge in [-0.15, -0.1) is 0 Å². The van der Waals surface area contributed by atoms with Crippen molar-refractivity contribution in [3.63, 3.8) is 0 Å². The number of amides is 1. The molecule has 1 rings (SSSR count). The van der Waals surface area contributed by atoms with Crippen molar-refractivity contribution in [2.24, 2.45) is 0 Å². The Hall–Kier alpha value is -1.04. The number of carbonyl (C=O) groups is 1. The normalized spacial score (nSPS) is 12.4.